The predicted octanol–water partition coefficient (Wildman–Crippen LogP) is 6.56. The fourth-order valence-corrected chi connectivity index (χ4v) is 3.81. The van der Waals surface area contributed by atoms with E-state index in [1.165, 1.54) is 18.2 Å². The van der Waals surface area contributed by atoms with Crippen LogP contribution in [0.15, 0.2) is 71.1 Å². The highest BCUT2D eigenvalue weighted by atomic mass is 19.4. The number of carboxylic acid groups (broad SMARTS) is 1. The van der Waals surface area contributed by atoms with E-state index in [0.717, 1.165) is 23.4 Å². The van der Waals surface area contributed by atoms with Crippen LogP contribution in [0.25, 0.3) is 22.1 Å². The summed E-state index contributed by atoms with van der Waals surface area (Å²) in [7, 11) is 1.59. The monoisotopic (exact) mass is 499 g/mol. The zero-order chi connectivity index (χ0) is 25.9. The van der Waals surface area contributed by atoms with Crippen LogP contribution in [0.4, 0.5) is 13.2 Å². The maximum atomic E-state index is 13.6. The molecule has 6 nitrogen and oxygen atoms in total. The number of rotatable bonds is 9. The number of carbonyl (C=O) groups is 1. The van der Waals surface area contributed by atoms with Crippen LogP contribution in [0.1, 0.15) is 34.6 Å². The van der Waals surface area contributed by atoms with E-state index in [1.807, 2.05) is 31.2 Å². The summed E-state index contributed by atoms with van der Waals surface area (Å²) >= 11 is 0. The fraction of sp³-hybridized carbons (Fsp3) is 0.222. The third kappa shape index (κ3) is 5.80. The van der Waals surface area contributed by atoms with Crippen molar-refractivity contribution in [3.8, 4) is 22.6 Å². The van der Waals surface area contributed by atoms with Gasteiger partial charge in [-0.1, -0.05) is 18.2 Å². The fourth-order valence-electron chi connectivity index (χ4n) is 3.81. The standard InChI is InChI=1S/C27H24F3NO5/c1-16(17-4-3-5-22(12-17)34-2)31-8-9-35-23-13-19(11-21(15-23)27(28,29)30)18-6-7-24-20(10-18)14-25(36-24)26(32)33/h3-7,10-16,31H,8-9H2,1-2H3,(H,32,33). The van der Waals surface area contributed by atoms with Gasteiger partial charge in [-0.2, -0.15) is 13.2 Å². The van der Waals surface area contributed by atoms with Gasteiger partial charge in [0.2, 0.25) is 5.76 Å². The molecule has 0 saturated heterocycles. The van der Waals surface area contributed by atoms with E-state index in [4.69, 9.17) is 19.0 Å². The summed E-state index contributed by atoms with van der Waals surface area (Å²) < 4.78 is 56.9. The van der Waals surface area contributed by atoms with E-state index >= 15 is 0 Å². The Labute approximate surface area is 205 Å². The molecular formula is C27H24F3NO5. The van der Waals surface area contributed by atoms with Crippen molar-refractivity contribution < 1.29 is 37.0 Å². The van der Waals surface area contributed by atoms with Crippen LogP contribution in [-0.2, 0) is 6.18 Å². The molecule has 0 radical (unpaired) electrons. The topological polar surface area (TPSA) is 80.9 Å². The lowest BCUT2D eigenvalue weighted by molar-refractivity contribution is -0.137. The number of furan rings is 1. The van der Waals surface area contributed by atoms with Crippen LogP contribution in [0.3, 0.4) is 0 Å². The van der Waals surface area contributed by atoms with Gasteiger partial charge in [0, 0.05) is 18.0 Å². The van der Waals surface area contributed by atoms with E-state index < -0.39 is 17.7 Å². The van der Waals surface area contributed by atoms with Crippen molar-refractivity contribution in [1.29, 1.82) is 0 Å². The summed E-state index contributed by atoms with van der Waals surface area (Å²) in [6.07, 6.45) is -4.57. The first kappa shape index (κ1) is 25.1. The van der Waals surface area contributed by atoms with Crippen molar-refractivity contribution in [2.45, 2.75) is 19.1 Å². The number of ether oxygens (including phenoxy) is 2. The van der Waals surface area contributed by atoms with Gasteiger partial charge < -0.3 is 24.3 Å². The van der Waals surface area contributed by atoms with Crippen LogP contribution in [0, 0.1) is 0 Å². The van der Waals surface area contributed by atoms with Crippen LogP contribution in [-0.4, -0.2) is 31.3 Å². The van der Waals surface area contributed by atoms with Gasteiger partial charge in [-0.15, -0.1) is 0 Å². The molecule has 1 heterocycles. The molecule has 3 aromatic carbocycles. The molecule has 0 bridgehead atoms. The third-order valence-corrected chi connectivity index (χ3v) is 5.71. The minimum absolute atomic E-state index is 0.0156. The van der Waals surface area contributed by atoms with Crippen molar-refractivity contribution >= 4 is 16.9 Å². The number of alkyl halides is 3. The number of nitrogens with one attached hydrogen (secondary N) is 1. The Balaban J connectivity index is 1.50. The van der Waals surface area contributed by atoms with Gasteiger partial charge in [-0.05, 0) is 72.1 Å². The second-order valence-corrected chi connectivity index (χ2v) is 8.21. The minimum Gasteiger partial charge on any atom is -0.497 e. The van der Waals surface area contributed by atoms with Crippen molar-refractivity contribution in [3.05, 3.63) is 83.6 Å². The molecule has 0 saturated carbocycles. The van der Waals surface area contributed by atoms with Crippen LogP contribution in [0.5, 0.6) is 11.5 Å². The highest BCUT2D eigenvalue weighted by Crippen LogP contribution is 2.36. The Morgan fingerprint density at radius 3 is 2.56 bits per heavy atom. The maximum absolute atomic E-state index is 13.6. The number of fused-ring (bicyclic) bond motifs is 1. The molecule has 1 aromatic heterocycles. The summed E-state index contributed by atoms with van der Waals surface area (Å²) in [6, 6.07) is 17.1. The number of halogens is 3. The van der Waals surface area contributed by atoms with Crippen LogP contribution >= 0.6 is 0 Å². The Morgan fingerprint density at radius 2 is 1.83 bits per heavy atom. The summed E-state index contributed by atoms with van der Waals surface area (Å²) in [4.78, 5) is 11.2. The molecule has 1 unspecified atom stereocenters. The van der Waals surface area contributed by atoms with E-state index in [-0.39, 0.29) is 29.7 Å². The summed E-state index contributed by atoms with van der Waals surface area (Å²) in [5.74, 6) is -0.654. The van der Waals surface area contributed by atoms with Gasteiger partial charge in [0.25, 0.3) is 0 Å². The molecule has 9 heteroatoms. The second-order valence-electron chi connectivity index (χ2n) is 8.21. The van der Waals surface area contributed by atoms with Gasteiger partial charge in [0.05, 0.1) is 12.7 Å². The number of hydrogen-bond donors (Lipinski definition) is 2. The molecule has 2 N–H and O–H groups in total. The number of aromatic carboxylic acids is 1. The third-order valence-electron chi connectivity index (χ3n) is 5.71. The molecule has 4 aromatic rings. The Morgan fingerprint density at radius 1 is 1.03 bits per heavy atom. The largest absolute Gasteiger partial charge is 0.497 e. The maximum Gasteiger partial charge on any atom is 0.416 e. The predicted molar refractivity (Wildman–Crippen MR) is 129 cm³/mol. The first-order valence-electron chi connectivity index (χ1n) is 11.1. The molecule has 36 heavy (non-hydrogen) atoms. The van der Waals surface area contributed by atoms with Crippen molar-refractivity contribution in [2.75, 3.05) is 20.3 Å². The van der Waals surface area contributed by atoms with Crippen molar-refractivity contribution in [1.82, 2.24) is 5.32 Å². The SMILES string of the molecule is COc1cccc(C(C)NCCOc2cc(-c3ccc4oc(C(=O)O)cc4c3)cc(C(F)(F)F)c2)c1. The average molecular weight is 499 g/mol. The molecule has 4 rings (SSSR count). The lowest BCUT2D eigenvalue weighted by atomic mass is 10.0. The lowest BCUT2D eigenvalue weighted by Gasteiger charge is -2.17. The van der Waals surface area contributed by atoms with E-state index in [0.29, 0.717) is 23.1 Å². The average Bonchev–Trinajstić information content (AvgIpc) is 3.30. The van der Waals surface area contributed by atoms with E-state index in [2.05, 4.69) is 5.32 Å². The van der Waals surface area contributed by atoms with Crippen LogP contribution < -0.4 is 14.8 Å². The molecule has 0 aliphatic rings. The molecule has 0 amide bonds. The van der Waals surface area contributed by atoms with Gasteiger partial charge in [-0.3, -0.25) is 0 Å². The summed E-state index contributed by atoms with van der Waals surface area (Å²) in [6.45, 7) is 2.53. The van der Waals surface area contributed by atoms with Crippen LogP contribution in [0.2, 0.25) is 0 Å². The molecule has 0 aliphatic heterocycles. The highest BCUT2D eigenvalue weighted by molar-refractivity contribution is 5.93. The number of hydrogen-bond acceptors (Lipinski definition) is 5. The molecule has 188 valence electrons. The summed E-state index contributed by atoms with van der Waals surface area (Å²) in [5, 5.41) is 12.9. The van der Waals surface area contributed by atoms with Gasteiger partial charge in [0.15, 0.2) is 0 Å². The first-order valence-corrected chi connectivity index (χ1v) is 11.1. The van der Waals surface area contributed by atoms with Gasteiger partial charge >= 0.3 is 12.1 Å². The smallest absolute Gasteiger partial charge is 0.416 e. The normalized spacial score (nSPS) is 12.5. The highest BCUT2D eigenvalue weighted by Gasteiger charge is 2.31. The molecular weight excluding hydrogens is 475 g/mol. The zero-order valence-corrected chi connectivity index (χ0v) is 19.6. The Kier molecular flexibility index (Phi) is 7.21. The minimum atomic E-state index is -4.57. The number of carboxylic acids is 1. The number of methoxy groups -OCH3 is 1. The number of benzene rings is 3. The first-order chi connectivity index (χ1) is 17.1. The quantitative estimate of drug-likeness (QED) is 0.254. The lowest BCUT2D eigenvalue weighted by Crippen LogP contribution is -2.24. The molecule has 0 fully saturated rings. The van der Waals surface area contributed by atoms with Crippen molar-refractivity contribution in [3.63, 3.8) is 0 Å². The Hall–Kier alpha value is -3.98. The molecule has 0 spiro atoms. The molecule has 0 aliphatic carbocycles. The second kappa shape index (κ2) is 10.3. The van der Waals surface area contributed by atoms with Gasteiger partial charge in [0.1, 0.15) is 23.7 Å². The van der Waals surface area contributed by atoms with E-state index in [1.54, 1.807) is 19.2 Å². The van der Waals surface area contributed by atoms with E-state index in [9.17, 15) is 18.0 Å². The zero-order valence-electron chi connectivity index (χ0n) is 19.6. The Bertz CT molecular complexity index is 1380. The van der Waals surface area contributed by atoms with Crippen molar-refractivity contribution in [2.24, 2.45) is 0 Å². The summed E-state index contributed by atoms with van der Waals surface area (Å²) in [5.41, 5.74) is 1.26. The van der Waals surface area contributed by atoms with Gasteiger partial charge in [-0.25, -0.2) is 4.79 Å². The molecule has 1 atom stereocenters.